The maximum absolute atomic E-state index is 12.3. The van der Waals surface area contributed by atoms with Gasteiger partial charge in [0.15, 0.2) is 17.3 Å². The Morgan fingerprint density at radius 2 is 1.91 bits per heavy atom. The van der Waals surface area contributed by atoms with Crippen molar-refractivity contribution in [3.8, 4) is 11.5 Å². The molecule has 1 aromatic heterocycles. The molecule has 0 fully saturated rings. The SMILES string of the molecule is COc1cc(/C=N/NC(=O)c2cc3ccccc3o2)cc(Cl)c1OCc1ccc(C)cc1. The number of fused-ring (bicyclic) bond motifs is 1. The Kier molecular flexibility index (Phi) is 6.42. The summed E-state index contributed by atoms with van der Waals surface area (Å²) < 4.78 is 16.8. The third kappa shape index (κ3) is 4.92. The highest BCUT2D eigenvalue weighted by Crippen LogP contribution is 2.36. The van der Waals surface area contributed by atoms with Gasteiger partial charge in [0, 0.05) is 5.39 Å². The smallest absolute Gasteiger partial charge is 0.307 e. The topological polar surface area (TPSA) is 73.1 Å². The van der Waals surface area contributed by atoms with Crippen LogP contribution in [-0.2, 0) is 6.61 Å². The molecule has 1 heterocycles. The van der Waals surface area contributed by atoms with Crippen molar-refractivity contribution in [1.29, 1.82) is 0 Å². The summed E-state index contributed by atoms with van der Waals surface area (Å²) in [6, 6.07) is 20.5. The molecule has 0 saturated heterocycles. The van der Waals surface area contributed by atoms with Gasteiger partial charge in [-0.2, -0.15) is 5.10 Å². The average Bonchev–Trinajstić information content (AvgIpc) is 3.23. The summed E-state index contributed by atoms with van der Waals surface area (Å²) in [5, 5.41) is 5.22. The monoisotopic (exact) mass is 448 g/mol. The minimum absolute atomic E-state index is 0.179. The fraction of sp³-hybridized carbons (Fsp3) is 0.120. The number of carbonyl (C=O) groups is 1. The van der Waals surface area contributed by atoms with E-state index in [0.717, 1.165) is 10.9 Å². The molecule has 1 amide bonds. The Labute approximate surface area is 190 Å². The van der Waals surface area contributed by atoms with Crippen LogP contribution < -0.4 is 14.9 Å². The van der Waals surface area contributed by atoms with Crippen molar-refractivity contribution in [3.63, 3.8) is 0 Å². The second-order valence-corrected chi connectivity index (χ2v) is 7.56. The molecule has 32 heavy (non-hydrogen) atoms. The third-order valence-electron chi connectivity index (χ3n) is 4.78. The van der Waals surface area contributed by atoms with E-state index in [1.165, 1.54) is 18.9 Å². The van der Waals surface area contributed by atoms with Crippen LogP contribution in [-0.4, -0.2) is 19.2 Å². The van der Waals surface area contributed by atoms with Gasteiger partial charge in [0.1, 0.15) is 12.2 Å². The zero-order valence-corrected chi connectivity index (χ0v) is 18.3. The third-order valence-corrected chi connectivity index (χ3v) is 5.07. The zero-order valence-electron chi connectivity index (χ0n) is 17.6. The first-order chi connectivity index (χ1) is 15.5. The molecule has 6 nitrogen and oxygen atoms in total. The van der Waals surface area contributed by atoms with E-state index < -0.39 is 5.91 Å². The van der Waals surface area contributed by atoms with Crippen molar-refractivity contribution >= 4 is 34.7 Å². The van der Waals surface area contributed by atoms with Crippen LogP contribution in [0.15, 0.2) is 76.2 Å². The number of halogens is 1. The average molecular weight is 449 g/mol. The van der Waals surface area contributed by atoms with E-state index in [0.29, 0.717) is 34.3 Å². The molecule has 0 radical (unpaired) electrons. The molecule has 0 atom stereocenters. The van der Waals surface area contributed by atoms with Crippen molar-refractivity contribution in [2.24, 2.45) is 5.10 Å². The normalized spacial score (nSPS) is 11.1. The minimum Gasteiger partial charge on any atom is -0.493 e. The van der Waals surface area contributed by atoms with Crippen LogP contribution in [0.2, 0.25) is 5.02 Å². The van der Waals surface area contributed by atoms with Crippen LogP contribution in [0, 0.1) is 6.92 Å². The predicted molar refractivity (Wildman–Crippen MR) is 125 cm³/mol. The molecule has 0 bridgehead atoms. The number of carbonyl (C=O) groups excluding carboxylic acids is 1. The van der Waals surface area contributed by atoms with Gasteiger partial charge in [-0.25, -0.2) is 5.43 Å². The van der Waals surface area contributed by atoms with Gasteiger partial charge in [0.2, 0.25) is 0 Å². The summed E-state index contributed by atoms with van der Waals surface area (Å²) in [5.41, 5.74) is 5.93. The number of hydrazone groups is 1. The number of benzene rings is 3. The first kappa shape index (κ1) is 21.5. The van der Waals surface area contributed by atoms with Crippen LogP contribution in [0.5, 0.6) is 11.5 Å². The van der Waals surface area contributed by atoms with E-state index in [2.05, 4.69) is 10.5 Å². The number of nitrogens with zero attached hydrogens (tertiary/aromatic N) is 1. The van der Waals surface area contributed by atoms with Gasteiger partial charge in [-0.3, -0.25) is 4.79 Å². The van der Waals surface area contributed by atoms with E-state index in [9.17, 15) is 4.79 Å². The predicted octanol–water partition coefficient (Wildman–Crippen LogP) is 5.75. The van der Waals surface area contributed by atoms with Gasteiger partial charge in [-0.1, -0.05) is 59.6 Å². The molecule has 162 valence electrons. The van der Waals surface area contributed by atoms with Gasteiger partial charge >= 0.3 is 5.91 Å². The number of hydrogen-bond acceptors (Lipinski definition) is 5. The number of rotatable bonds is 7. The van der Waals surface area contributed by atoms with E-state index >= 15 is 0 Å². The first-order valence-electron chi connectivity index (χ1n) is 9.91. The van der Waals surface area contributed by atoms with Crippen molar-refractivity contribution in [2.45, 2.75) is 13.5 Å². The van der Waals surface area contributed by atoms with Gasteiger partial charge in [0.25, 0.3) is 0 Å². The molecular formula is C25H21ClN2O4. The van der Waals surface area contributed by atoms with Crippen LogP contribution in [0.25, 0.3) is 11.0 Å². The summed E-state index contributed by atoms with van der Waals surface area (Å²) >= 11 is 6.42. The van der Waals surface area contributed by atoms with Gasteiger partial charge in [0.05, 0.1) is 18.3 Å². The number of furan rings is 1. The van der Waals surface area contributed by atoms with E-state index in [4.69, 9.17) is 25.5 Å². The molecule has 0 unspecified atom stereocenters. The number of hydrogen-bond donors (Lipinski definition) is 1. The van der Waals surface area contributed by atoms with Crippen molar-refractivity contribution in [3.05, 3.63) is 94.2 Å². The molecule has 3 aromatic carbocycles. The molecule has 0 spiro atoms. The van der Waals surface area contributed by atoms with E-state index in [1.807, 2.05) is 49.4 Å². The maximum atomic E-state index is 12.3. The number of methoxy groups -OCH3 is 1. The molecule has 1 N–H and O–H groups in total. The summed E-state index contributed by atoms with van der Waals surface area (Å²) in [7, 11) is 1.54. The van der Waals surface area contributed by atoms with Crippen molar-refractivity contribution in [1.82, 2.24) is 5.43 Å². The van der Waals surface area contributed by atoms with Crippen molar-refractivity contribution in [2.75, 3.05) is 7.11 Å². The standard InChI is InChI=1S/C25H21ClN2O4/c1-16-7-9-17(10-8-16)15-31-24-20(26)11-18(12-22(24)30-2)14-27-28-25(29)23-13-19-5-3-4-6-21(19)32-23/h3-14H,15H2,1-2H3,(H,28,29)/b27-14+. The Morgan fingerprint density at radius 3 is 2.66 bits per heavy atom. The number of aryl methyl sites for hydroxylation is 1. The van der Waals surface area contributed by atoms with Gasteiger partial charge in [-0.15, -0.1) is 0 Å². The molecule has 4 aromatic rings. The minimum atomic E-state index is -0.450. The Bertz CT molecular complexity index is 1250. The lowest BCUT2D eigenvalue weighted by Crippen LogP contribution is -2.16. The number of amides is 1. The summed E-state index contributed by atoms with van der Waals surface area (Å²) in [5.74, 6) is 0.639. The quantitative estimate of drug-likeness (QED) is 0.289. The van der Waals surface area contributed by atoms with Crippen LogP contribution in [0.3, 0.4) is 0 Å². The lowest BCUT2D eigenvalue weighted by atomic mass is 10.1. The van der Waals surface area contributed by atoms with E-state index in [-0.39, 0.29) is 5.76 Å². The molecule has 7 heteroatoms. The van der Waals surface area contributed by atoms with Crippen molar-refractivity contribution < 1.29 is 18.7 Å². The van der Waals surface area contributed by atoms with Crippen LogP contribution >= 0.6 is 11.6 Å². The summed E-state index contributed by atoms with van der Waals surface area (Å²) in [6.45, 7) is 2.39. The number of para-hydroxylation sites is 1. The molecule has 0 aliphatic heterocycles. The molecule has 0 aliphatic rings. The fourth-order valence-electron chi connectivity index (χ4n) is 3.11. The van der Waals surface area contributed by atoms with Gasteiger partial charge in [-0.05, 0) is 42.3 Å². The second-order valence-electron chi connectivity index (χ2n) is 7.16. The van der Waals surface area contributed by atoms with E-state index in [1.54, 1.807) is 24.3 Å². The van der Waals surface area contributed by atoms with Crippen LogP contribution in [0.4, 0.5) is 0 Å². The summed E-state index contributed by atoms with van der Waals surface area (Å²) in [6.07, 6.45) is 1.47. The van der Waals surface area contributed by atoms with Gasteiger partial charge < -0.3 is 13.9 Å². The largest absolute Gasteiger partial charge is 0.493 e. The maximum Gasteiger partial charge on any atom is 0.307 e. The number of ether oxygens (including phenoxy) is 2. The lowest BCUT2D eigenvalue weighted by molar-refractivity contribution is 0.0929. The molecular weight excluding hydrogens is 428 g/mol. The lowest BCUT2D eigenvalue weighted by Gasteiger charge is -2.13. The molecule has 0 saturated carbocycles. The second kappa shape index (κ2) is 9.58. The highest BCUT2D eigenvalue weighted by atomic mass is 35.5. The summed E-state index contributed by atoms with van der Waals surface area (Å²) in [4.78, 5) is 12.3. The highest BCUT2D eigenvalue weighted by Gasteiger charge is 2.13. The van der Waals surface area contributed by atoms with Crippen LogP contribution in [0.1, 0.15) is 27.2 Å². The molecule has 4 rings (SSSR count). The Balaban J connectivity index is 1.44. The Hall–Kier alpha value is -3.77. The zero-order chi connectivity index (χ0) is 22.5. The number of nitrogens with one attached hydrogen (secondary N) is 1. The molecule has 0 aliphatic carbocycles. The highest BCUT2D eigenvalue weighted by molar-refractivity contribution is 6.32. The Morgan fingerprint density at radius 1 is 1.12 bits per heavy atom. The first-order valence-corrected chi connectivity index (χ1v) is 10.3. The fourth-order valence-corrected chi connectivity index (χ4v) is 3.38.